The van der Waals surface area contributed by atoms with Crippen LogP contribution in [0.15, 0.2) is 36.4 Å². The van der Waals surface area contributed by atoms with E-state index in [1.54, 1.807) is 12.1 Å². The van der Waals surface area contributed by atoms with Gasteiger partial charge in [-0.05, 0) is 74.0 Å². The van der Waals surface area contributed by atoms with Gasteiger partial charge in [-0.2, -0.15) is 0 Å². The van der Waals surface area contributed by atoms with Crippen molar-refractivity contribution in [3.63, 3.8) is 0 Å². The lowest BCUT2D eigenvalue weighted by molar-refractivity contribution is -0.137. The zero-order chi connectivity index (χ0) is 21.5. The molecule has 0 aromatic heterocycles. The van der Waals surface area contributed by atoms with E-state index in [0.717, 1.165) is 38.7 Å². The summed E-state index contributed by atoms with van der Waals surface area (Å²) < 4.78 is 11.9. The Hall–Kier alpha value is -1.56. The number of aliphatic hydroxyl groups is 1. The number of hydrogen-bond acceptors (Lipinski definition) is 4. The van der Waals surface area contributed by atoms with Crippen LogP contribution in [0.25, 0.3) is 0 Å². The molecule has 1 aromatic rings. The third kappa shape index (κ3) is 6.73. The van der Waals surface area contributed by atoms with Gasteiger partial charge in [-0.1, -0.05) is 36.7 Å². The van der Waals surface area contributed by atoms with Gasteiger partial charge >= 0.3 is 5.97 Å². The van der Waals surface area contributed by atoms with Gasteiger partial charge in [-0.15, -0.1) is 0 Å². The Morgan fingerprint density at radius 2 is 2.23 bits per heavy atom. The average Bonchev–Trinajstić information content (AvgIpc) is 2.86. The van der Waals surface area contributed by atoms with Gasteiger partial charge in [0.1, 0.15) is 18.5 Å². The Morgan fingerprint density at radius 1 is 1.40 bits per heavy atom. The topological polar surface area (TPSA) is 76.0 Å². The van der Waals surface area contributed by atoms with E-state index in [9.17, 15) is 9.90 Å². The van der Waals surface area contributed by atoms with Crippen molar-refractivity contribution in [2.45, 2.75) is 57.7 Å². The highest BCUT2D eigenvalue weighted by molar-refractivity contribution is 6.30. The molecule has 1 heterocycles. The first-order chi connectivity index (χ1) is 14.4. The second-order valence-electron chi connectivity index (χ2n) is 8.78. The van der Waals surface area contributed by atoms with Crippen LogP contribution in [0.2, 0.25) is 5.02 Å². The monoisotopic (exact) mass is 436 g/mol. The molecule has 0 radical (unpaired) electrons. The molecule has 6 atom stereocenters. The molecule has 1 aliphatic carbocycles. The Bertz CT molecular complexity index is 721. The molecular weight excluding hydrogens is 404 g/mol. The van der Waals surface area contributed by atoms with Crippen LogP contribution >= 0.6 is 11.6 Å². The van der Waals surface area contributed by atoms with Crippen molar-refractivity contribution in [2.24, 2.45) is 23.7 Å². The molecule has 2 N–H and O–H groups in total. The van der Waals surface area contributed by atoms with Crippen molar-refractivity contribution in [2.75, 3.05) is 13.2 Å². The zero-order valence-electron chi connectivity index (χ0n) is 17.6. The van der Waals surface area contributed by atoms with E-state index in [0.29, 0.717) is 34.4 Å². The summed E-state index contributed by atoms with van der Waals surface area (Å²) in [5.41, 5.74) is 0. The standard InChI is InChI=1S/C24H33ClO5/c1-16-12-23-22(10-8-17(14-30-23)4-2-7-24(27)28)21(16)11-9-19(26)15-29-20-6-3-5-18(25)13-20/h3,5-6,9,11,13,16-17,19,21-23,26H,2,4,7-8,10,12,14-15H2,1H3,(H,27,28)/b11-9+/t16-,17+,19-,21+,22-,23+/m1/s1. The summed E-state index contributed by atoms with van der Waals surface area (Å²) in [6, 6.07) is 7.16. The second kappa shape index (κ2) is 11.2. The third-order valence-corrected chi connectivity index (χ3v) is 6.70. The van der Waals surface area contributed by atoms with Crippen molar-refractivity contribution >= 4 is 17.6 Å². The first kappa shape index (κ1) is 23.1. The van der Waals surface area contributed by atoms with Gasteiger partial charge in [-0.3, -0.25) is 4.79 Å². The first-order valence-corrected chi connectivity index (χ1v) is 11.4. The molecule has 1 saturated carbocycles. The summed E-state index contributed by atoms with van der Waals surface area (Å²) in [6.45, 7) is 3.18. The van der Waals surface area contributed by atoms with Gasteiger partial charge in [0, 0.05) is 18.1 Å². The van der Waals surface area contributed by atoms with Crippen molar-refractivity contribution in [3.05, 3.63) is 41.4 Å². The number of allylic oxidation sites excluding steroid dienone is 1. The summed E-state index contributed by atoms with van der Waals surface area (Å²) in [4.78, 5) is 10.7. The fourth-order valence-electron chi connectivity index (χ4n) is 4.86. The largest absolute Gasteiger partial charge is 0.491 e. The predicted octanol–water partition coefficient (Wildman–Crippen LogP) is 4.96. The van der Waals surface area contributed by atoms with Gasteiger partial charge in [-0.25, -0.2) is 0 Å². The van der Waals surface area contributed by atoms with E-state index in [1.165, 1.54) is 0 Å². The molecule has 0 unspecified atom stereocenters. The molecule has 0 amide bonds. The molecule has 6 heteroatoms. The number of aliphatic carboxylic acids is 1. The van der Waals surface area contributed by atoms with Crippen LogP contribution in [-0.4, -0.2) is 41.6 Å². The normalized spacial score (nSPS) is 30.0. The maximum absolute atomic E-state index is 10.7. The lowest BCUT2D eigenvalue weighted by Crippen LogP contribution is -2.21. The number of rotatable bonds is 9. The molecule has 2 aliphatic rings. The first-order valence-electron chi connectivity index (χ1n) is 11.0. The Morgan fingerprint density at radius 3 is 3.00 bits per heavy atom. The highest BCUT2D eigenvalue weighted by Crippen LogP contribution is 2.45. The summed E-state index contributed by atoms with van der Waals surface area (Å²) in [6.07, 6.45) is 8.68. The highest BCUT2D eigenvalue weighted by Gasteiger charge is 2.42. The number of benzene rings is 1. The number of aliphatic hydroxyl groups excluding tert-OH is 1. The van der Waals surface area contributed by atoms with E-state index in [-0.39, 0.29) is 19.1 Å². The Balaban J connectivity index is 1.49. The number of carboxylic acids is 1. The number of halogens is 1. The van der Waals surface area contributed by atoms with Crippen molar-refractivity contribution in [1.82, 2.24) is 0 Å². The van der Waals surface area contributed by atoms with Gasteiger partial charge < -0.3 is 19.7 Å². The molecule has 1 aliphatic heterocycles. The lowest BCUT2D eigenvalue weighted by atomic mass is 9.84. The van der Waals surface area contributed by atoms with Gasteiger partial charge in [0.25, 0.3) is 0 Å². The van der Waals surface area contributed by atoms with Gasteiger partial charge in [0.05, 0.1) is 6.10 Å². The maximum Gasteiger partial charge on any atom is 0.303 e. The minimum absolute atomic E-state index is 0.189. The summed E-state index contributed by atoms with van der Waals surface area (Å²) >= 11 is 5.96. The van der Waals surface area contributed by atoms with Crippen molar-refractivity contribution in [3.8, 4) is 5.75 Å². The number of fused-ring (bicyclic) bond motifs is 1. The van der Waals surface area contributed by atoms with Crippen molar-refractivity contribution < 1.29 is 24.5 Å². The molecular formula is C24H33ClO5. The fourth-order valence-corrected chi connectivity index (χ4v) is 5.04. The second-order valence-corrected chi connectivity index (χ2v) is 9.21. The summed E-state index contributed by atoms with van der Waals surface area (Å²) in [7, 11) is 0. The van der Waals surface area contributed by atoms with Crippen LogP contribution in [0.5, 0.6) is 5.75 Å². The molecule has 5 nitrogen and oxygen atoms in total. The smallest absolute Gasteiger partial charge is 0.303 e. The third-order valence-electron chi connectivity index (χ3n) is 6.46. The highest BCUT2D eigenvalue weighted by atomic mass is 35.5. The quantitative estimate of drug-likeness (QED) is 0.535. The maximum atomic E-state index is 10.7. The van der Waals surface area contributed by atoms with E-state index in [2.05, 4.69) is 13.0 Å². The number of hydrogen-bond donors (Lipinski definition) is 2. The van der Waals surface area contributed by atoms with Gasteiger partial charge in [0.15, 0.2) is 0 Å². The zero-order valence-corrected chi connectivity index (χ0v) is 18.3. The predicted molar refractivity (Wildman–Crippen MR) is 117 cm³/mol. The fraction of sp³-hybridized carbons (Fsp3) is 0.625. The molecule has 2 fully saturated rings. The van der Waals surface area contributed by atoms with Crippen LogP contribution in [-0.2, 0) is 9.53 Å². The molecule has 0 spiro atoms. The average molecular weight is 437 g/mol. The minimum Gasteiger partial charge on any atom is -0.491 e. The van der Waals surface area contributed by atoms with Crippen LogP contribution in [0.4, 0.5) is 0 Å². The number of carboxylic acid groups (broad SMARTS) is 1. The molecule has 166 valence electrons. The van der Waals surface area contributed by atoms with Crippen LogP contribution in [0.1, 0.15) is 45.4 Å². The Kier molecular flexibility index (Phi) is 8.61. The van der Waals surface area contributed by atoms with Crippen LogP contribution in [0.3, 0.4) is 0 Å². The number of ether oxygens (including phenoxy) is 2. The minimum atomic E-state index is -0.724. The van der Waals surface area contributed by atoms with E-state index < -0.39 is 12.1 Å². The molecule has 1 saturated heterocycles. The van der Waals surface area contributed by atoms with E-state index >= 15 is 0 Å². The molecule has 0 bridgehead atoms. The van der Waals surface area contributed by atoms with Crippen LogP contribution < -0.4 is 4.74 Å². The summed E-state index contributed by atoms with van der Waals surface area (Å²) in [5, 5.41) is 19.8. The lowest BCUT2D eigenvalue weighted by Gasteiger charge is -2.21. The molecule has 3 rings (SSSR count). The van der Waals surface area contributed by atoms with Crippen LogP contribution in [0, 0.1) is 23.7 Å². The molecule has 30 heavy (non-hydrogen) atoms. The van der Waals surface area contributed by atoms with Gasteiger partial charge in [0.2, 0.25) is 0 Å². The van der Waals surface area contributed by atoms with E-state index in [1.807, 2.05) is 18.2 Å². The number of carbonyl (C=O) groups is 1. The van der Waals surface area contributed by atoms with Crippen molar-refractivity contribution in [1.29, 1.82) is 0 Å². The SMILES string of the molecule is C[C@@H]1C[C@@H]2OC[C@@H](CCCC(=O)O)CC[C@@H]2[C@H]1/C=C/[C@@H](O)COc1cccc(Cl)c1. The summed E-state index contributed by atoms with van der Waals surface area (Å²) in [5.74, 6) is 1.73. The molecule has 1 aromatic carbocycles. The Labute approximate surface area is 184 Å². The van der Waals surface area contributed by atoms with E-state index in [4.69, 9.17) is 26.2 Å².